The molecule has 0 aromatic heterocycles. The number of carbonyl (C=O) groups excluding carboxylic acids is 1. The monoisotopic (exact) mass is 239 g/mol. The summed E-state index contributed by atoms with van der Waals surface area (Å²) < 4.78 is 0. The van der Waals surface area contributed by atoms with E-state index in [1.165, 1.54) is 16.7 Å². The molecule has 0 radical (unpaired) electrons. The fourth-order valence-electron chi connectivity index (χ4n) is 1.40. The minimum Gasteiger partial charge on any atom is -0.384 e. The number of carbonyl (C=O) groups is 1. The Kier molecular flexibility index (Phi) is 4.83. The van der Waals surface area contributed by atoms with Crippen molar-refractivity contribution in [3.8, 4) is 0 Å². The van der Waals surface area contributed by atoms with E-state index in [-0.39, 0.29) is 5.91 Å². The smallest absolute Gasteiger partial charge is 0.251 e. The van der Waals surface area contributed by atoms with Crippen LogP contribution in [-0.2, 0) is 11.3 Å². The summed E-state index contributed by atoms with van der Waals surface area (Å²) in [6.45, 7) is 2.01. The molecule has 1 aromatic carbocycles. The first kappa shape index (κ1) is 13.1. The van der Waals surface area contributed by atoms with Crippen LogP contribution in [0.25, 0.3) is 0 Å². The summed E-state index contributed by atoms with van der Waals surface area (Å²) in [7, 11) is 1.69. The molecule has 0 saturated carbocycles. The van der Waals surface area contributed by atoms with E-state index in [0.29, 0.717) is 6.54 Å². The first-order valence-electron chi connectivity index (χ1n) is 5.10. The summed E-state index contributed by atoms with van der Waals surface area (Å²) in [5.41, 5.74) is 1.06. The molecule has 3 nitrogen and oxygen atoms in total. The van der Waals surface area contributed by atoms with Crippen molar-refractivity contribution in [1.82, 2.24) is 4.90 Å². The average molecular weight is 239 g/mol. The number of aliphatic hydroxyl groups excluding tert-OH is 1. The van der Waals surface area contributed by atoms with Gasteiger partial charge in [0.25, 0.3) is 5.91 Å². The number of nitrogens with zero attached hydrogens (tertiary/aromatic N) is 1. The van der Waals surface area contributed by atoms with E-state index in [1.54, 1.807) is 18.8 Å². The number of amides is 1. The molecule has 1 amide bonds. The number of rotatable bonds is 4. The maximum absolute atomic E-state index is 11.4. The van der Waals surface area contributed by atoms with Gasteiger partial charge in [-0.25, -0.2) is 0 Å². The highest BCUT2D eigenvalue weighted by Crippen LogP contribution is 2.15. The maximum Gasteiger partial charge on any atom is 0.251 e. The molecule has 0 aliphatic heterocycles. The van der Waals surface area contributed by atoms with Gasteiger partial charge in [-0.3, -0.25) is 4.79 Å². The highest BCUT2D eigenvalue weighted by Gasteiger charge is 2.14. The zero-order valence-corrected chi connectivity index (χ0v) is 10.6. The lowest BCUT2D eigenvalue weighted by Gasteiger charge is -2.18. The standard InChI is InChI=1S/C12H17NO2S/c1-9(14)12(15)13(2)8-10-4-6-11(16-3)7-5-10/h4-7,9,14H,8H2,1-3H3. The molecular formula is C12H17NO2S. The Balaban J connectivity index is 2.62. The third kappa shape index (κ3) is 3.54. The number of hydrogen-bond donors (Lipinski definition) is 1. The van der Waals surface area contributed by atoms with Crippen LogP contribution in [0.4, 0.5) is 0 Å². The fraction of sp³-hybridized carbons (Fsp3) is 0.417. The van der Waals surface area contributed by atoms with Crippen LogP contribution in [0.1, 0.15) is 12.5 Å². The van der Waals surface area contributed by atoms with Gasteiger partial charge in [0.1, 0.15) is 6.10 Å². The van der Waals surface area contributed by atoms with Gasteiger partial charge in [-0.2, -0.15) is 0 Å². The van der Waals surface area contributed by atoms with Crippen molar-refractivity contribution in [2.45, 2.75) is 24.5 Å². The van der Waals surface area contributed by atoms with Gasteiger partial charge in [0.15, 0.2) is 0 Å². The second-order valence-corrected chi connectivity index (χ2v) is 4.60. The van der Waals surface area contributed by atoms with Crippen molar-refractivity contribution in [2.75, 3.05) is 13.3 Å². The van der Waals surface area contributed by atoms with E-state index in [9.17, 15) is 4.79 Å². The summed E-state index contributed by atoms with van der Waals surface area (Å²) in [6, 6.07) is 8.05. The molecule has 1 rings (SSSR count). The van der Waals surface area contributed by atoms with Gasteiger partial charge in [-0.05, 0) is 30.9 Å². The van der Waals surface area contributed by atoms with Crippen molar-refractivity contribution in [3.63, 3.8) is 0 Å². The molecule has 1 atom stereocenters. The molecule has 88 valence electrons. The molecule has 0 spiro atoms. The third-order valence-corrected chi connectivity index (χ3v) is 3.06. The number of thioether (sulfide) groups is 1. The Morgan fingerprint density at radius 2 is 2.00 bits per heavy atom. The molecule has 0 saturated heterocycles. The van der Waals surface area contributed by atoms with Gasteiger partial charge in [-0.15, -0.1) is 11.8 Å². The highest BCUT2D eigenvalue weighted by molar-refractivity contribution is 7.98. The summed E-state index contributed by atoms with van der Waals surface area (Å²) in [4.78, 5) is 14.2. The van der Waals surface area contributed by atoms with Gasteiger partial charge in [0.2, 0.25) is 0 Å². The Morgan fingerprint density at radius 1 is 1.44 bits per heavy atom. The molecule has 0 aliphatic rings. The van der Waals surface area contributed by atoms with Crippen molar-refractivity contribution in [2.24, 2.45) is 0 Å². The van der Waals surface area contributed by atoms with E-state index in [2.05, 4.69) is 0 Å². The summed E-state index contributed by atoms with van der Waals surface area (Å²) in [6.07, 6.45) is 1.09. The lowest BCUT2D eigenvalue weighted by Crippen LogP contribution is -2.34. The van der Waals surface area contributed by atoms with Gasteiger partial charge >= 0.3 is 0 Å². The predicted octanol–water partition coefficient (Wildman–Crippen LogP) is 1.75. The van der Waals surface area contributed by atoms with E-state index < -0.39 is 6.10 Å². The van der Waals surface area contributed by atoms with Gasteiger partial charge < -0.3 is 10.0 Å². The van der Waals surface area contributed by atoms with Crippen LogP contribution < -0.4 is 0 Å². The predicted molar refractivity (Wildman–Crippen MR) is 66.4 cm³/mol. The molecule has 0 fully saturated rings. The molecule has 0 bridgehead atoms. The first-order valence-corrected chi connectivity index (χ1v) is 6.33. The minimum absolute atomic E-state index is 0.256. The molecule has 16 heavy (non-hydrogen) atoms. The lowest BCUT2D eigenvalue weighted by atomic mass is 10.2. The van der Waals surface area contributed by atoms with E-state index in [0.717, 1.165) is 5.56 Å². The molecule has 1 aromatic rings. The second kappa shape index (κ2) is 5.92. The minimum atomic E-state index is -0.935. The largest absolute Gasteiger partial charge is 0.384 e. The average Bonchev–Trinajstić information content (AvgIpc) is 2.28. The SMILES string of the molecule is CSc1ccc(CN(C)C(=O)C(C)O)cc1. The Labute approximate surface area is 100 Å². The molecular weight excluding hydrogens is 222 g/mol. The molecule has 0 heterocycles. The molecule has 1 unspecified atom stereocenters. The Morgan fingerprint density at radius 3 is 2.44 bits per heavy atom. The van der Waals surface area contributed by atoms with Crippen LogP contribution in [0.5, 0.6) is 0 Å². The van der Waals surface area contributed by atoms with Crippen LogP contribution in [0, 0.1) is 0 Å². The second-order valence-electron chi connectivity index (χ2n) is 3.72. The number of hydrogen-bond acceptors (Lipinski definition) is 3. The van der Waals surface area contributed by atoms with E-state index in [1.807, 2.05) is 30.5 Å². The zero-order valence-electron chi connectivity index (χ0n) is 9.80. The van der Waals surface area contributed by atoms with Gasteiger partial charge in [-0.1, -0.05) is 12.1 Å². The molecule has 0 aliphatic carbocycles. The number of likely N-dealkylation sites (N-methyl/N-ethyl adjacent to an activating group) is 1. The summed E-state index contributed by atoms with van der Waals surface area (Å²) in [5.74, 6) is -0.256. The van der Waals surface area contributed by atoms with Crippen LogP contribution in [-0.4, -0.2) is 35.3 Å². The van der Waals surface area contributed by atoms with Crippen LogP contribution >= 0.6 is 11.8 Å². The lowest BCUT2D eigenvalue weighted by molar-refractivity contribution is -0.138. The molecule has 4 heteroatoms. The fourth-order valence-corrected chi connectivity index (χ4v) is 1.81. The first-order chi connectivity index (χ1) is 7.54. The molecule has 1 N–H and O–H groups in total. The third-order valence-electron chi connectivity index (χ3n) is 2.31. The van der Waals surface area contributed by atoms with Gasteiger partial charge in [0.05, 0.1) is 0 Å². The summed E-state index contributed by atoms with van der Waals surface area (Å²) >= 11 is 1.69. The van der Waals surface area contributed by atoms with Crippen LogP contribution in [0.15, 0.2) is 29.2 Å². The number of benzene rings is 1. The Bertz CT molecular complexity index is 349. The van der Waals surface area contributed by atoms with E-state index >= 15 is 0 Å². The van der Waals surface area contributed by atoms with Crippen LogP contribution in [0.3, 0.4) is 0 Å². The van der Waals surface area contributed by atoms with Gasteiger partial charge in [0, 0.05) is 18.5 Å². The quantitative estimate of drug-likeness (QED) is 0.814. The normalized spacial score (nSPS) is 12.2. The topological polar surface area (TPSA) is 40.5 Å². The zero-order chi connectivity index (χ0) is 12.1. The summed E-state index contributed by atoms with van der Waals surface area (Å²) in [5, 5.41) is 9.16. The van der Waals surface area contributed by atoms with Crippen molar-refractivity contribution >= 4 is 17.7 Å². The van der Waals surface area contributed by atoms with Crippen molar-refractivity contribution in [1.29, 1.82) is 0 Å². The maximum atomic E-state index is 11.4. The van der Waals surface area contributed by atoms with Crippen molar-refractivity contribution < 1.29 is 9.90 Å². The highest BCUT2D eigenvalue weighted by atomic mass is 32.2. The van der Waals surface area contributed by atoms with E-state index in [4.69, 9.17) is 5.11 Å². The Hall–Kier alpha value is -1.00. The van der Waals surface area contributed by atoms with Crippen molar-refractivity contribution in [3.05, 3.63) is 29.8 Å². The van der Waals surface area contributed by atoms with Crippen LogP contribution in [0.2, 0.25) is 0 Å². The number of aliphatic hydroxyl groups is 1.